The van der Waals surface area contributed by atoms with Crippen LogP contribution >= 0.6 is 0 Å². The number of aliphatic hydroxyl groups excluding tert-OH is 1. The highest BCUT2D eigenvalue weighted by molar-refractivity contribution is 5.77. The highest BCUT2D eigenvalue weighted by Crippen LogP contribution is 2.42. The molecule has 1 N–H and O–H groups in total. The molecule has 1 aromatic carbocycles. The number of aryl methyl sites for hydroxylation is 1. The lowest BCUT2D eigenvalue weighted by molar-refractivity contribution is -0.135. The number of β-amino-alcohol motifs (C(OH)–C–C–N with tert-alkyl or cyclic N) is 1. The van der Waals surface area contributed by atoms with E-state index < -0.39 is 0 Å². The van der Waals surface area contributed by atoms with E-state index in [2.05, 4.69) is 4.90 Å². The van der Waals surface area contributed by atoms with E-state index in [-0.39, 0.29) is 30.1 Å². The molecule has 28 heavy (non-hydrogen) atoms. The summed E-state index contributed by atoms with van der Waals surface area (Å²) in [4.78, 5) is 16.8. The minimum atomic E-state index is -0.174. The van der Waals surface area contributed by atoms with E-state index in [0.29, 0.717) is 0 Å². The zero-order valence-corrected chi connectivity index (χ0v) is 16.8. The van der Waals surface area contributed by atoms with Gasteiger partial charge in [-0.2, -0.15) is 0 Å². The summed E-state index contributed by atoms with van der Waals surface area (Å²) in [6.45, 7) is 7.18. The second kappa shape index (κ2) is 8.39. The zero-order valence-electron chi connectivity index (χ0n) is 16.8. The van der Waals surface area contributed by atoms with Crippen LogP contribution in [0.4, 0.5) is 0 Å². The third kappa shape index (κ3) is 4.67. The SMILES string of the molecule is Cc1ccc(OCC(=O)N2CCC3(CC2)CO[C@@H](CN2CC[C@@H](O)C2)C3)cc1. The molecule has 154 valence electrons. The molecular weight excluding hydrogens is 356 g/mol. The van der Waals surface area contributed by atoms with Gasteiger partial charge in [0.05, 0.1) is 18.8 Å². The Bertz CT molecular complexity index is 670. The fourth-order valence-electron chi connectivity index (χ4n) is 4.73. The predicted octanol–water partition coefficient (Wildman–Crippen LogP) is 1.84. The van der Waals surface area contributed by atoms with Crippen LogP contribution in [0.5, 0.6) is 5.75 Å². The molecule has 0 aliphatic carbocycles. The number of likely N-dealkylation sites (tertiary alicyclic amines) is 2. The fourth-order valence-corrected chi connectivity index (χ4v) is 4.73. The first-order chi connectivity index (χ1) is 13.5. The number of carbonyl (C=O) groups is 1. The van der Waals surface area contributed by atoms with Crippen LogP contribution in [-0.4, -0.2) is 79.0 Å². The smallest absolute Gasteiger partial charge is 0.260 e. The number of aliphatic hydroxyl groups is 1. The Morgan fingerprint density at radius 1 is 1.25 bits per heavy atom. The maximum absolute atomic E-state index is 12.5. The summed E-state index contributed by atoms with van der Waals surface area (Å²) in [6.07, 6.45) is 4.04. The summed E-state index contributed by atoms with van der Waals surface area (Å²) >= 11 is 0. The van der Waals surface area contributed by atoms with Gasteiger partial charge < -0.3 is 19.5 Å². The van der Waals surface area contributed by atoms with Crippen LogP contribution in [0.15, 0.2) is 24.3 Å². The lowest BCUT2D eigenvalue weighted by Gasteiger charge is -2.38. The number of benzene rings is 1. The Labute approximate surface area is 167 Å². The van der Waals surface area contributed by atoms with Crippen LogP contribution in [0.25, 0.3) is 0 Å². The number of amides is 1. The number of rotatable bonds is 5. The number of carbonyl (C=O) groups excluding carboxylic acids is 1. The monoisotopic (exact) mass is 388 g/mol. The average molecular weight is 389 g/mol. The van der Waals surface area contributed by atoms with Gasteiger partial charge in [-0.05, 0) is 50.2 Å². The summed E-state index contributed by atoms with van der Waals surface area (Å²) in [5.74, 6) is 0.809. The van der Waals surface area contributed by atoms with Gasteiger partial charge in [0.15, 0.2) is 6.61 Å². The van der Waals surface area contributed by atoms with E-state index in [0.717, 1.165) is 70.8 Å². The number of ether oxygens (including phenoxy) is 2. The standard InChI is InChI=1S/C22H32N2O4/c1-17-2-4-19(5-3-17)27-15-21(26)24-10-7-22(8-11-24)12-20(28-16-22)14-23-9-6-18(25)13-23/h2-5,18,20,25H,6-16H2,1H3/t18-,20-/m1/s1. The van der Waals surface area contributed by atoms with Gasteiger partial charge >= 0.3 is 0 Å². The van der Waals surface area contributed by atoms with Crippen molar-refractivity contribution in [1.29, 1.82) is 0 Å². The first-order valence-electron chi connectivity index (χ1n) is 10.5. The summed E-state index contributed by atoms with van der Waals surface area (Å²) < 4.78 is 11.8. The van der Waals surface area contributed by atoms with Crippen LogP contribution in [0.2, 0.25) is 0 Å². The topological polar surface area (TPSA) is 62.2 Å². The predicted molar refractivity (Wildman–Crippen MR) is 106 cm³/mol. The normalized spacial score (nSPS) is 27.4. The Balaban J connectivity index is 1.21. The van der Waals surface area contributed by atoms with Crippen molar-refractivity contribution in [3.63, 3.8) is 0 Å². The van der Waals surface area contributed by atoms with E-state index >= 15 is 0 Å². The Hall–Kier alpha value is -1.63. The van der Waals surface area contributed by atoms with Crippen LogP contribution in [0, 0.1) is 12.3 Å². The zero-order chi connectivity index (χ0) is 19.6. The Kier molecular flexibility index (Phi) is 5.90. The molecule has 0 aromatic heterocycles. The number of piperidine rings is 1. The average Bonchev–Trinajstić information content (AvgIpc) is 3.28. The molecule has 3 fully saturated rings. The molecule has 2 atom stereocenters. The van der Waals surface area contributed by atoms with Gasteiger partial charge in [0.25, 0.3) is 5.91 Å². The van der Waals surface area contributed by atoms with E-state index in [9.17, 15) is 9.90 Å². The minimum absolute atomic E-state index is 0.0666. The molecule has 6 heteroatoms. The lowest BCUT2D eigenvalue weighted by Crippen LogP contribution is -2.45. The van der Waals surface area contributed by atoms with Crippen molar-refractivity contribution < 1.29 is 19.4 Å². The van der Waals surface area contributed by atoms with Gasteiger partial charge in [-0.3, -0.25) is 9.69 Å². The van der Waals surface area contributed by atoms with Crippen LogP contribution < -0.4 is 4.74 Å². The number of hydrogen-bond acceptors (Lipinski definition) is 5. The van der Waals surface area contributed by atoms with E-state index in [1.165, 1.54) is 5.56 Å². The van der Waals surface area contributed by atoms with Crippen LogP contribution in [0.3, 0.4) is 0 Å². The van der Waals surface area contributed by atoms with Crippen molar-refractivity contribution in [3.05, 3.63) is 29.8 Å². The van der Waals surface area contributed by atoms with Gasteiger partial charge in [0, 0.05) is 32.7 Å². The quantitative estimate of drug-likeness (QED) is 0.834. The van der Waals surface area contributed by atoms with Gasteiger partial charge in [-0.1, -0.05) is 17.7 Å². The summed E-state index contributed by atoms with van der Waals surface area (Å²) in [7, 11) is 0. The highest BCUT2D eigenvalue weighted by Gasteiger charge is 2.43. The number of nitrogens with zero attached hydrogens (tertiary/aromatic N) is 2. The molecular formula is C22H32N2O4. The molecule has 1 aromatic rings. The van der Waals surface area contributed by atoms with Crippen molar-refractivity contribution in [2.24, 2.45) is 5.41 Å². The molecule has 0 unspecified atom stereocenters. The molecule has 0 saturated carbocycles. The molecule has 3 heterocycles. The largest absolute Gasteiger partial charge is 0.484 e. The third-order valence-electron chi connectivity index (χ3n) is 6.56. The van der Waals surface area contributed by atoms with Gasteiger partial charge in [-0.25, -0.2) is 0 Å². The molecule has 0 radical (unpaired) electrons. The van der Waals surface area contributed by atoms with E-state index in [4.69, 9.17) is 9.47 Å². The van der Waals surface area contributed by atoms with Crippen molar-refractivity contribution in [3.8, 4) is 5.75 Å². The Morgan fingerprint density at radius 2 is 2.00 bits per heavy atom. The summed E-state index contributed by atoms with van der Waals surface area (Å²) in [5, 5.41) is 9.70. The molecule has 3 aliphatic rings. The highest BCUT2D eigenvalue weighted by atomic mass is 16.5. The van der Waals surface area contributed by atoms with Gasteiger partial charge in [0.2, 0.25) is 0 Å². The molecule has 3 saturated heterocycles. The molecule has 3 aliphatic heterocycles. The van der Waals surface area contributed by atoms with Crippen LogP contribution in [-0.2, 0) is 9.53 Å². The van der Waals surface area contributed by atoms with Crippen molar-refractivity contribution in [2.45, 2.75) is 44.8 Å². The lowest BCUT2D eigenvalue weighted by atomic mass is 9.76. The van der Waals surface area contributed by atoms with Crippen molar-refractivity contribution in [1.82, 2.24) is 9.80 Å². The second-order valence-electron chi connectivity index (χ2n) is 8.82. The van der Waals surface area contributed by atoms with Gasteiger partial charge in [0.1, 0.15) is 5.75 Å². The first kappa shape index (κ1) is 19.7. The molecule has 4 rings (SSSR count). The molecule has 1 spiro atoms. The van der Waals surface area contributed by atoms with E-state index in [1.54, 1.807) is 0 Å². The molecule has 0 bridgehead atoms. The Morgan fingerprint density at radius 3 is 2.68 bits per heavy atom. The number of hydrogen-bond donors (Lipinski definition) is 1. The first-order valence-corrected chi connectivity index (χ1v) is 10.5. The molecule has 1 amide bonds. The fraction of sp³-hybridized carbons (Fsp3) is 0.682. The van der Waals surface area contributed by atoms with Crippen molar-refractivity contribution >= 4 is 5.91 Å². The summed E-state index contributed by atoms with van der Waals surface area (Å²) in [5.41, 5.74) is 1.40. The minimum Gasteiger partial charge on any atom is -0.484 e. The maximum atomic E-state index is 12.5. The third-order valence-corrected chi connectivity index (χ3v) is 6.56. The molecule has 6 nitrogen and oxygen atoms in total. The van der Waals surface area contributed by atoms with Gasteiger partial charge in [-0.15, -0.1) is 0 Å². The maximum Gasteiger partial charge on any atom is 0.260 e. The second-order valence-corrected chi connectivity index (χ2v) is 8.82. The van der Waals surface area contributed by atoms with Crippen molar-refractivity contribution in [2.75, 3.05) is 45.9 Å². The summed E-state index contributed by atoms with van der Waals surface area (Å²) in [6, 6.07) is 7.79. The van der Waals surface area contributed by atoms with Crippen LogP contribution in [0.1, 0.15) is 31.2 Å². The van der Waals surface area contributed by atoms with E-state index in [1.807, 2.05) is 36.1 Å².